The van der Waals surface area contributed by atoms with E-state index in [0.717, 1.165) is 35.4 Å². The van der Waals surface area contributed by atoms with Gasteiger partial charge in [0.1, 0.15) is 0 Å². The molecule has 0 spiro atoms. The van der Waals surface area contributed by atoms with Crippen molar-refractivity contribution < 1.29 is 26.3 Å². The Balaban J connectivity index is 1.33. The summed E-state index contributed by atoms with van der Waals surface area (Å²) in [6.45, 7) is 0. The van der Waals surface area contributed by atoms with Crippen LogP contribution in [0.15, 0.2) is 182 Å². The lowest BCUT2D eigenvalue weighted by Gasteiger charge is -2.38. The lowest BCUT2D eigenvalue weighted by molar-refractivity contribution is -0.288. The van der Waals surface area contributed by atoms with Gasteiger partial charge in [0.2, 0.25) is 5.41 Å². The number of pyridine rings is 1. The summed E-state index contributed by atoms with van der Waals surface area (Å²) in [5, 5.41) is 0. The van der Waals surface area contributed by atoms with E-state index in [1.807, 2.05) is 97.1 Å². The minimum Gasteiger partial charge on any atom is -0.311 e. The van der Waals surface area contributed by atoms with Crippen molar-refractivity contribution in [3.63, 3.8) is 0 Å². The van der Waals surface area contributed by atoms with Gasteiger partial charge in [0.25, 0.3) is 0 Å². The lowest BCUT2D eigenvalue weighted by Crippen LogP contribution is -2.54. The van der Waals surface area contributed by atoms with Gasteiger partial charge in [0, 0.05) is 28.2 Å². The normalized spacial score (nSPS) is 12.0. The first-order chi connectivity index (χ1) is 25.1. The van der Waals surface area contributed by atoms with Crippen molar-refractivity contribution in [2.24, 2.45) is 0 Å². The molecule has 0 bridgehead atoms. The summed E-state index contributed by atoms with van der Waals surface area (Å²) in [7, 11) is 0. The van der Waals surface area contributed by atoms with Gasteiger partial charge in [-0.1, -0.05) is 133 Å². The molecule has 1 heterocycles. The molecule has 52 heavy (non-hydrogen) atoms. The summed E-state index contributed by atoms with van der Waals surface area (Å²) in [5.41, 5.74) is -0.512. The molecule has 0 saturated carbocycles. The summed E-state index contributed by atoms with van der Waals surface area (Å²) >= 11 is 0. The minimum atomic E-state index is -5.73. The summed E-state index contributed by atoms with van der Waals surface area (Å²) < 4.78 is 91.2. The predicted molar refractivity (Wildman–Crippen MR) is 195 cm³/mol. The molecule has 0 aliphatic rings. The fraction of sp³-hybridized carbons (Fsp3) is 0.0682. The Morgan fingerprint density at radius 1 is 0.346 bits per heavy atom. The van der Waals surface area contributed by atoms with Crippen molar-refractivity contribution in [3.05, 3.63) is 193 Å². The molecule has 0 aliphatic carbocycles. The van der Waals surface area contributed by atoms with Crippen LogP contribution in [-0.4, -0.2) is 17.3 Å². The van der Waals surface area contributed by atoms with Gasteiger partial charge in [0.15, 0.2) is 0 Å². The van der Waals surface area contributed by atoms with Crippen LogP contribution < -0.4 is 4.90 Å². The maximum absolute atomic E-state index is 15.2. The fourth-order valence-corrected chi connectivity index (χ4v) is 6.57. The number of rotatable bonds is 8. The second-order valence-corrected chi connectivity index (χ2v) is 12.2. The molecule has 2 nitrogen and oxygen atoms in total. The molecule has 7 aromatic rings. The lowest BCUT2D eigenvalue weighted by atomic mass is 9.72. The van der Waals surface area contributed by atoms with Gasteiger partial charge >= 0.3 is 12.4 Å². The Labute approximate surface area is 297 Å². The highest BCUT2D eigenvalue weighted by atomic mass is 19.4. The number of hydrogen-bond acceptors (Lipinski definition) is 2. The Bertz CT molecular complexity index is 2130. The second kappa shape index (κ2) is 13.9. The number of hydrogen-bond donors (Lipinski definition) is 0. The molecule has 1 aromatic heterocycles. The first-order valence-electron chi connectivity index (χ1n) is 16.4. The average Bonchev–Trinajstić information content (AvgIpc) is 3.16. The Morgan fingerprint density at radius 3 is 1.08 bits per heavy atom. The number of nitrogens with zero attached hydrogens (tertiary/aromatic N) is 2. The van der Waals surface area contributed by atoms with E-state index in [4.69, 9.17) is 4.98 Å². The number of para-hydroxylation sites is 2. The zero-order valence-corrected chi connectivity index (χ0v) is 27.5. The van der Waals surface area contributed by atoms with Gasteiger partial charge in [-0.2, -0.15) is 26.3 Å². The van der Waals surface area contributed by atoms with Crippen LogP contribution in [0.4, 0.5) is 43.4 Å². The average molecular weight is 701 g/mol. The highest BCUT2D eigenvalue weighted by Gasteiger charge is 2.72. The van der Waals surface area contributed by atoms with E-state index in [-0.39, 0.29) is 0 Å². The third-order valence-corrected chi connectivity index (χ3v) is 9.05. The largest absolute Gasteiger partial charge is 0.411 e. The highest BCUT2D eigenvalue weighted by Crippen LogP contribution is 2.56. The van der Waals surface area contributed by atoms with Crippen LogP contribution >= 0.6 is 0 Å². The fourth-order valence-electron chi connectivity index (χ4n) is 6.57. The van der Waals surface area contributed by atoms with Crippen LogP contribution in [0.3, 0.4) is 0 Å². The molecule has 0 saturated heterocycles. The molecule has 8 heteroatoms. The van der Waals surface area contributed by atoms with E-state index in [2.05, 4.69) is 0 Å². The molecule has 0 unspecified atom stereocenters. The van der Waals surface area contributed by atoms with Crippen molar-refractivity contribution in [1.82, 2.24) is 4.98 Å². The van der Waals surface area contributed by atoms with Crippen molar-refractivity contribution in [1.29, 1.82) is 0 Å². The zero-order chi connectivity index (χ0) is 36.3. The van der Waals surface area contributed by atoms with Crippen LogP contribution in [0.25, 0.3) is 33.6 Å². The molecule has 0 fully saturated rings. The molecule has 0 N–H and O–H groups in total. The topological polar surface area (TPSA) is 16.1 Å². The Kier molecular flexibility index (Phi) is 9.15. The summed E-state index contributed by atoms with van der Waals surface area (Å²) in [4.78, 5) is 6.58. The first kappa shape index (κ1) is 34.3. The standard InChI is InChI=1S/C44H30F6N2/c45-43(46,47)42(44(48,49)50,36-25-27-39(28-26-36)52(37-17-9-3-10-18-37)38-19-11-4-12-20-38)35-23-21-31(22-24-35)34-29-40(32-13-5-1-6-14-32)51-41(30-34)33-15-7-2-8-16-33/h1-30H. The van der Waals surface area contributed by atoms with Crippen LogP contribution in [0.5, 0.6) is 0 Å². The number of benzene rings is 6. The van der Waals surface area contributed by atoms with Gasteiger partial charge in [-0.25, -0.2) is 4.98 Å². The van der Waals surface area contributed by atoms with Gasteiger partial charge in [-0.15, -0.1) is 0 Å². The van der Waals surface area contributed by atoms with Crippen LogP contribution in [0, 0.1) is 0 Å². The quantitative estimate of drug-likeness (QED) is 0.147. The molecule has 0 amide bonds. The predicted octanol–water partition coefficient (Wildman–Crippen LogP) is 13.0. The van der Waals surface area contributed by atoms with Gasteiger partial charge in [-0.05, 0) is 70.8 Å². The monoisotopic (exact) mass is 700 g/mol. The zero-order valence-electron chi connectivity index (χ0n) is 27.5. The van der Waals surface area contributed by atoms with Crippen molar-refractivity contribution in [3.8, 4) is 33.6 Å². The summed E-state index contributed by atoms with van der Waals surface area (Å²) in [5.74, 6) is 0. The minimum absolute atomic E-state index is 0.399. The molecule has 7 rings (SSSR count). The Hall–Kier alpha value is -6.15. The second-order valence-electron chi connectivity index (χ2n) is 12.2. The number of alkyl halides is 6. The molecule has 0 atom stereocenters. The Morgan fingerprint density at radius 2 is 0.692 bits per heavy atom. The van der Waals surface area contributed by atoms with Gasteiger partial charge < -0.3 is 4.90 Å². The molecule has 258 valence electrons. The van der Waals surface area contributed by atoms with Crippen LogP contribution in [0.2, 0.25) is 0 Å². The van der Waals surface area contributed by atoms with E-state index in [0.29, 0.717) is 39.6 Å². The summed E-state index contributed by atoms with van der Waals surface area (Å²) in [6, 6.07) is 49.3. The van der Waals surface area contributed by atoms with Crippen LogP contribution in [0.1, 0.15) is 11.1 Å². The smallest absolute Gasteiger partial charge is 0.311 e. The molecular weight excluding hydrogens is 670 g/mol. The number of aromatic nitrogens is 1. The third kappa shape index (κ3) is 6.44. The SMILES string of the molecule is FC(F)(F)C(c1ccc(-c2cc(-c3ccccc3)nc(-c3ccccc3)c2)cc1)(c1ccc(N(c2ccccc2)c2ccccc2)cc1)C(F)(F)F. The van der Waals surface area contributed by atoms with E-state index in [9.17, 15) is 0 Å². The third-order valence-electron chi connectivity index (χ3n) is 9.05. The molecular formula is C44H30F6N2. The van der Waals surface area contributed by atoms with Crippen molar-refractivity contribution >= 4 is 17.1 Å². The summed E-state index contributed by atoms with van der Waals surface area (Å²) in [6.07, 6.45) is -11.5. The van der Waals surface area contributed by atoms with E-state index in [1.165, 1.54) is 24.3 Å². The maximum Gasteiger partial charge on any atom is 0.411 e. The van der Waals surface area contributed by atoms with E-state index >= 15 is 26.3 Å². The number of anilines is 3. The maximum atomic E-state index is 15.2. The molecule has 6 aromatic carbocycles. The van der Waals surface area contributed by atoms with Gasteiger partial charge in [0.05, 0.1) is 11.4 Å². The van der Waals surface area contributed by atoms with Crippen molar-refractivity contribution in [2.75, 3.05) is 4.90 Å². The van der Waals surface area contributed by atoms with E-state index < -0.39 is 28.9 Å². The van der Waals surface area contributed by atoms with E-state index in [1.54, 1.807) is 41.3 Å². The van der Waals surface area contributed by atoms with Crippen LogP contribution in [-0.2, 0) is 5.41 Å². The van der Waals surface area contributed by atoms with Crippen molar-refractivity contribution in [2.45, 2.75) is 17.8 Å². The van der Waals surface area contributed by atoms with Gasteiger partial charge in [-0.3, -0.25) is 0 Å². The molecule has 0 radical (unpaired) electrons. The first-order valence-corrected chi connectivity index (χ1v) is 16.4. The highest BCUT2D eigenvalue weighted by molar-refractivity contribution is 5.78. The molecule has 0 aliphatic heterocycles. The number of halogens is 6.